The summed E-state index contributed by atoms with van der Waals surface area (Å²) in [5, 5.41) is 3.39. The predicted molar refractivity (Wildman–Crippen MR) is 57.5 cm³/mol. The second-order valence-electron chi connectivity index (χ2n) is 4.22. The first-order valence-corrected chi connectivity index (χ1v) is 5.46. The van der Waals surface area contributed by atoms with Gasteiger partial charge in [0.2, 0.25) is 6.79 Å². The molecule has 2 aliphatic rings. The van der Waals surface area contributed by atoms with Gasteiger partial charge < -0.3 is 14.8 Å². The molecule has 3 nitrogen and oxygen atoms in total. The Morgan fingerprint density at radius 2 is 2.27 bits per heavy atom. The minimum Gasteiger partial charge on any atom is -0.454 e. The van der Waals surface area contributed by atoms with Gasteiger partial charge in [0.05, 0.1) is 0 Å². The van der Waals surface area contributed by atoms with E-state index in [4.69, 9.17) is 9.47 Å². The van der Waals surface area contributed by atoms with Crippen LogP contribution >= 0.6 is 0 Å². The Morgan fingerprint density at radius 1 is 1.33 bits per heavy atom. The van der Waals surface area contributed by atoms with E-state index in [0.29, 0.717) is 12.7 Å². The van der Waals surface area contributed by atoms with Gasteiger partial charge in [-0.3, -0.25) is 0 Å². The van der Waals surface area contributed by atoms with Gasteiger partial charge in [-0.05, 0) is 31.5 Å². The number of fused-ring (bicyclic) bond motifs is 1. The van der Waals surface area contributed by atoms with Crippen LogP contribution in [0.3, 0.4) is 0 Å². The van der Waals surface area contributed by atoms with Gasteiger partial charge >= 0.3 is 0 Å². The molecule has 2 heterocycles. The molecule has 0 radical (unpaired) electrons. The van der Waals surface area contributed by atoms with Crippen LogP contribution in [0.25, 0.3) is 0 Å². The summed E-state index contributed by atoms with van der Waals surface area (Å²) in [5.74, 6) is 2.47. The average Bonchev–Trinajstić information content (AvgIpc) is 2.85. The van der Waals surface area contributed by atoms with E-state index in [0.717, 1.165) is 24.6 Å². The Hall–Kier alpha value is -1.22. The van der Waals surface area contributed by atoms with E-state index in [9.17, 15) is 0 Å². The maximum atomic E-state index is 5.57. The molecule has 1 unspecified atom stereocenters. The minimum atomic E-state index is 0.367. The molecule has 3 heteroatoms. The van der Waals surface area contributed by atoms with Crippen molar-refractivity contribution in [2.24, 2.45) is 0 Å². The van der Waals surface area contributed by atoms with Crippen molar-refractivity contribution in [3.05, 3.63) is 23.3 Å². The lowest BCUT2D eigenvalue weighted by molar-refractivity contribution is 0.173. The van der Waals surface area contributed by atoms with Gasteiger partial charge in [0.15, 0.2) is 11.5 Å². The Morgan fingerprint density at radius 3 is 3.07 bits per heavy atom. The predicted octanol–water partition coefficient (Wildman–Crippen LogP) is 1.80. The first kappa shape index (κ1) is 9.04. The highest BCUT2D eigenvalue weighted by molar-refractivity contribution is 5.53. The van der Waals surface area contributed by atoms with E-state index in [-0.39, 0.29) is 0 Å². The van der Waals surface area contributed by atoms with Crippen molar-refractivity contribution in [3.63, 3.8) is 0 Å². The zero-order valence-electron chi connectivity index (χ0n) is 8.88. The topological polar surface area (TPSA) is 30.5 Å². The molecule has 0 amide bonds. The molecular weight excluding hydrogens is 190 g/mol. The van der Waals surface area contributed by atoms with Crippen LogP contribution in [-0.4, -0.2) is 19.9 Å². The molecule has 1 aromatic rings. The van der Waals surface area contributed by atoms with Crippen LogP contribution in [0.4, 0.5) is 0 Å². The highest BCUT2D eigenvalue weighted by atomic mass is 16.7. The first-order valence-electron chi connectivity index (χ1n) is 5.46. The fourth-order valence-corrected chi connectivity index (χ4v) is 2.50. The molecular formula is C12H15NO2. The second kappa shape index (κ2) is 3.42. The molecule has 1 fully saturated rings. The lowest BCUT2D eigenvalue weighted by atomic mass is 9.93. The number of nitrogens with one attached hydrogen (secondary N) is 1. The maximum absolute atomic E-state index is 5.57. The van der Waals surface area contributed by atoms with E-state index < -0.39 is 0 Å². The number of hydrogen-bond donors (Lipinski definition) is 1. The van der Waals surface area contributed by atoms with Crippen LogP contribution < -0.4 is 14.8 Å². The number of ether oxygens (including phenoxy) is 2. The molecule has 1 saturated heterocycles. The van der Waals surface area contributed by atoms with Crippen molar-refractivity contribution in [1.82, 2.24) is 5.32 Å². The lowest BCUT2D eigenvalue weighted by Crippen LogP contribution is -2.09. The summed E-state index contributed by atoms with van der Waals surface area (Å²) in [6, 6.07) is 4.13. The average molecular weight is 205 g/mol. The molecule has 0 aliphatic carbocycles. The summed E-state index contributed by atoms with van der Waals surface area (Å²) in [4.78, 5) is 0. The molecule has 0 spiro atoms. The van der Waals surface area contributed by atoms with Crippen LogP contribution in [-0.2, 0) is 0 Å². The number of benzene rings is 1. The van der Waals surface area contributed by atoms with Gasteiger partial charge in [-0.2, -0.15) is 0 Å². The summed E-state index contributed by atoms with van der Waals surface area (Å²) in [7, 11) is 0. The van der Waals surface area contributed by atoms with E-state index in [1.165, 1.54) is 17.5 Å². The minimum absolute atomic E-state index is 0.367. The highest BCUT2D eigenvalue weighted by Crippen LogP contribution is 2.42. The zero-order chi connectivity index (χ0) is 10.3. The number of aryl methyl sites for hydroxylation is 1. The molecule has 3 rings (SSSR count). The third-order valence-corrected chi connectivity index (χ3v) is 3.26. The lowest BCUT2D eigenvalue weighted by Gasteiger charge is -2.14. The molecule has 1 N–H and O–H groups in total. The van der Waals surface area contributed by atoms with Crippen LogP contribution in [0, 0.1) is 6.92 Å². The molecule has 15 heavy (non-hydrogen) atoms. The van der Waals surface area contributed by atoms with Crippen LogP contribution in [0.15, 0.2) is 12.1 Å². The van der Waals surface area contributed by atoms with Crippen LogP contribution in [0.2, 0.25) is 0 Å². The third-order valence-electron chi connectivity index (χ3n) is 3.26. The summed E-state index contributed by atoms with van der Waals surface area (Å²) in [6.45, 7) is 4.68. The SMILES string of the molecule is Cc1ccc2c(c1C1CCNC1)OCO2. The van der Waals surface area contributed by atoms with Crippen LogP contribution in [0.1, 0.15) is 23.5 Å². The normalized spacial score (nSPS) is 23.4. The zero-order valence-corrected chi connectivity index (χ0v) is 8.88. The molecule has 0 bridgehead atoms. The van der Waals surface area contributed by atoms with Crippen LogP contribution in [0.5, 0.6) is 11.5 Å². The van der Waals surface area contributed by atoms with Gasteiger partial charge in [-0.15, -0.1) is 0 Å². The summed E-state index contributed by atoms with van der Waals surface area (Å²) < 4.78 is 11.0. The van der Waals surface area contributed by atoms with Crippen molar-refractivity contribution in [2.75, 3.05) is 19.9 Å². The van der Waals surface area contributed by atoms with Crippen molar-refractivity contribution in [1.29, 1.82) is 0 Å². The summed E-state index contributed by atoms with van der Waals surface area (Å²) >= 11 is 0. The fourth-order valence-electron chi connectivity index (χ4n) is 2.50. The van der Waals surface area contributed by atoms with Gasteiger partial charge in [0, 0.05) is 18.0 Å². The van der Waals surface area contributed by atoms with E-state index >= 15 is 0 Å². The fraction of sp³-hybridized carbons (Fsp3) is 0.500. The Labute approximate surface area is 89.4 Å². The largest absolute Gasteiger partial charge is 0.454 e. The highest BCUT2D eigenvalue weighted by Gasteiger charge is 2.27. The second-order valence-corrected chi connectivity index (χ2v) is 4.22. The van der Waals surface area contributed by atoms with Gasteiger partial charge in [-0.1, -0.05) is 6.07 Å². The Balaban J connectivity index is 2.08. The maximum Gasteiger partial charge on any atom is 0.231 e. The molecule has 1 aromatic carbocycles. The summed E-state index contributed by atoms with van der Waals surface area (Å²) in [6.07, 6.45) is 1.20. The van der Waals surface area contributed by atoms with Gasteiger partial charge in [0.25, 0.3) is 0 Å². The van der Waals surface area contributed by atoms with Gasteiger partial charge in [0.1, 0.15) is 0 Å². The van der Waals surface area contributed by atoms with Crippen molar-refractivity contribution in [2.45, 2.75) is 19.3 Å². The quantitative estimate of drug-likeness (QED) is 0.758. The van der Waals surface area contributed by atoms with Gasteiger partial charge in [-0.25, -0.2) is 0 Å². The Kier molecular flexibility index (Phi) is 2.06. The molecule has 80 valence electrons. The van der Waals surface area contributed by atoms with Crippen molar-refractivity contribution < 1.29 is 9.47 Å². The molecule has 1 atom stereocenters. The Bertz CT molecular complexity index is 383. The smallest absolute Gasteiger partial charge is 0.231 e. The number of rotatable bonds is 1. The van der Waals surface area contributed by atoms with Crippen molar-refractivity contribution in [3.8, 4) is 11.5 Å². The standard InChI is InChI=1S/C12H15NO2/c1-8-2-3-10-12(15-7-14-10)11(8)9-4-5-13-6-9/h2-3,9,13H,4-7H2,1H3. The van der Waals surface area contributed by atoms with E-state index in [1.807, 2.05) is 6.07 Å². The first-order chi connectivity index (χ1) is 7.36. The van der Waals surface area contributed by atoms with E-state index in [1.54, 1.807) is 0 Å². The number of hydrogen-bond acceptors (Lipinski definition) is 3. The monoisotopic (exact) mass is 205 g/mol. The summed E-state index contributed by atoms with van der Waals surface area (Å²) in [5.41, 5.74) is 2.66. The molecule has 0 saturated carbocycles. The molecule has 0 aromatic heterocycles. The molecule has 2 aliphatic heterocycles. The van der Waals surface area contributed by atoms with Crippen molar-refractivity contribution >= 4 is 0 Å². The van der Waals surface area contributed by atoms with E-state index in [2.05, 4.69) is 18.3 Å². The third kappa shape index (κ3) is 1.38.